The van der Waals surface area contributed by atoms with Crippen molar-refractivity contribution in [1.29, 1.82) is 0 Å². The number of aryl methyl sites for hydroxylation is 1. The summed E-state index contributed by atoms with van der Waals surface area (Å²) in [5.74, 6) is 1.10. The summed E-state index contributed by atoms with van der Waals surface area (Å²) in [7, 11) is 0. The maximum atomic E-state index is 12.5. The fourth-order valence-corrected chi connectivity index (χ4v) is 2.62. The van der Waals surface area contributed by atoms with Crippen LogP contribution in [0.3, 0.4) is 0 Å². The van der Waals surface area contributed by atoms with E-state index >= 15 is 0 Å². The summed E-state index contributed by atoms with van der Waals surface area (Å²) in [4.78, 5) is 16.8. The van der Waals surface area contributed by atoms with E-state index in [-0.39, 0.29) is 5.91 Å². The van der Waals surface area contributed by atoms with E-state index in [1.165, 1.54) is 0 Å². The molecular weight excluding hydrogens is 280 g/mol. The van der Waals surface area contributed by atoms with Gasteiger partial charge < -0.3 is 14.2 Å². The van der Waals surface area contributed by atoms with Gasteiger partial charge in [0.25, 0.3) is 5.91 Å². The standard InChI is InChI=1S/C16H20N4O2/c1-3-19-8-10-20(11-9-19)16(21)14-6-4-13(5-7-14)15-18-17-12(2)22-15/h4-7H,3,8-11H2,1-2H3. The second kappa shape index (κ2) is 6.27. The van der Waals surface area contributed by atoms with Crippen molar-refractivity contribution in [3.05, 3.63) is 35.7 Å². The van der Waals surface area contributed by atoms with Gasteiger partial charge in [-0.1, -0.05) is 6.92 Å². The van der Waals surface area contributed by atoms with Crippen LogP contribution in [-0.4, -0.2) is 58.6 Å². The lowest BCUT2D eigenvalue weighted by atomic mass is 10.1. The van der Waals surface area contributed by atoms with Gasteiger partial charge in [0.2, 0.25) is 11.8 Å². The first-order valence-corrected chi connectivity index (χ1v) is 7.59. The first-order valence-electron chi connectivity index (χ1n) is 7.59. The van der Waals surface area contributed by atoms with Crippen LogP contribution in [0.5, 0.6) is 0 Å². The highest BCUT2D eigenvalue weighted by Crippen LogP contribution is 2.19. The molecule has 1 saturated heterocycles. The van der Waals surface area contributed by atoms with Crippen LogP contribution in [0.15, 0.2) is 28.7 Å². The molecule has 1 fully saturated rings. The van der Waals surface area contributed by atoms with Gasteiger partial charge in [0, 0.05) is 44.2 Å². The van der Waals surface area contributed by atoms with E-state index in [1.54, 1.807) is 6.92 Å². The fourth-order valence-electron chi connectivity index (χ4n) is 2.62. The molecule has 0 atom stereocenters. The van der Waals surface area contributed by atoms with E-state index in [2.05, 4.69) is 22.0 Å². The van der Waals surface area contributed by atoms with Crippen molar-refractivity contribution in [2.24, 2.45) is 0 Å². The molecule has 1 aliphatic heterocycles. The van der Waals surface area contributed by atoms with Gasteiger partial charge in [0.05, 0.1) is 0 Å². The van der Waals surface area contributed by atoms with Gasteiger partial charge in [0.1, 0.15) is 0 Å². The number of benzene rings is 1. The summed E-state index contributed by atoms with van der Waals surface area (Å²) < 4.78 is 5.39. The van der Waals surface area contributed by atoms with Gasteiger partial charge in [-0.3, -0.25) is 4.79 Å². The predicted octanol–water partition coefficient (Wildman–Crippen LogP) is 1.82. The van der Waals surface area contributed by atoms with E-state index in [9.17, 15) is 4.79 Å². The third-order valence-corrected chi connectivity index (χ3v) is 4.01. The number of aromatic nitrogens is 2. The molecule has 6 nitrogen and oxygen atoms in total. The third-order valence-electron chi connectivity index (χ3n) is 4.01. The van der Waals surface area contributed by atoms with Crippen LogP contribution in [0.2, 0.25) is 0 Å². The molecule has 1 aromatic heterocycles. The average molecular weight is 300 g/mol. The Morgan fingerprint density at radius 3 is 2.36 bits per heavy atom. The summed E-state index contributed by atoms with van der Waals surface area (Å²) in [6.07, 6.45) is 0. The Labute approximate surface area is 129 Å². The normalized spacial score (nSPS) is 16.0. The van der Waals surface area contributed by atoms with Crippen molar-refractivity contribution in [2.75, 3.05) is 32.7 Å². The van der Waals surface area contributed by atoms with Crippen LogP contribution in [0.1, 0.15) is 23.2 Å². The minimum Gasteiger partial charge on any atom is -0.421 e. The van der Waals surface area contributed by atoms with Gasteiger partial charge >= 0.3 is 0 Å². The molecule has 0 unspecified atom stereocenters. The summed E-state index contributed by atoms with van der Waals surface area (Å²) in [5, 5.41) is 7.79. The largest absolute Gasteiger partial charge is 0.421 e. The maximum Gasteiger partial charge on any atom is 0.253 e. The Kier molecular flexibility index (Phi) is 4.20. The van der Waals surface area contributed by atoms with Crippen LogP contribution in [0, 0.1) is 6.92 Å². The number of carbonyl (C=O) groups is 1. The molecular formula is C16H20N4O2. The molecule has 1 amide bonds. The Bertz CT molecular complexity index is 642. The van der Waals surface area contributed by atoms with Crippen LogP contribution < -0.4 is 0 Å². The van der Waals surface area contributed by atoms with Crippen LogP contribution >= 0.6 is 0 Å². The molecule has 22 heavy (non-hydrogen) atoms. The molecule has 116 valence electrons. The van der Waals surface area contributed by atoms with Crippen LogP contribution in [0.4, 0.5) is 0 Å². The highest BCUT2D eigenvalue weighted by atomic mass is 16.4. The molecule has 0 aliphatic carbocycles. The van der Waals surface area contributed by atoms with E-state index in [1.807, 2.05) is 29.2 Å². The van der Waals surface area contributed by atoms with Gasteiger partial charge in [-0.05, 0) is 30.8 Å². The topological polar surface area (TPSA) is 62.5 Å². The van der Waals surface area contributed by atoms with E-state index < -0.39 is 0 Å². The summed E-state index contributed by atoms with van der Waals surface area (Å²) in [5.41, 5.74) is 1.53. The number of amides is 1. The Balaban J connectivity index is 1.69. The number of likely N-dealkylation sites (N-methyl/N-ethyl adjacent to an activating group) is 1. The number of rotatable bonds is 3. The molecule has 1 aromatic carbocycles. The number of carbonyl (C=O) groups excluding carboxylic acids is 1. The zero-order chi connectivity index (χ0) is 15.5. The molecule has 0 spiro atoms. The Morgan fingerprint density at radius 1 is 1.14 bits per heavy atom. The molecule has 6 heteroatoms. The van der Waals surface area contributed by atoms with E-state index in [0.29, 0.717) is 17.3 Å². The predicted molar refractivity (Wildman–Crippen MR) is 82.5 cm³/mol. The lowest BCUT2D eigenvalue weighted by molar-refractivity contribution is 0.0643. The second-order valence-electron chi connectivity index (χ2n) is 5.43. The first kappa shape index (κ1) is 14.7. The monoisotopic (exact) mass is 300 g/mol. The van der Waals surface area contributed by atoms with Crippen molar-refractivity contribution in [1.82, 2.24) is 20.0 Å². The SMILES string of the molecule is CCN1CCN(C(=O)c2ccc(-c3nnc(C)o3)cc2)CC1. The highest BCUT2D eigenvalue weighted by Gasteiger charge is 2.21. The zero-order valence-electron chi connectivity index (χ0n) is 13.0. The van der Waals surface area contributed by atoms with Gasteiger partial charge in [0.15, 0.2) is 0 Å². The number of hydrogen-bond acceptors (Lipinski definition) is 5. The molecule has 0 N–H and O–H groups in total. The summed E-state index contributed by atoms with van der Waals surface area (Å²) >= 11 is 0. The molecule has 0 saturated carbocycles. The van der Waals surface area contributed by atoms with Crippen LogP contribution in [-0.2, 0) is 0 Å². The Hall–Kier alpha value is -2.21. The average Bonchev–Trinajstić information content (AvgIpc) is 3.01. The molecule has 0 bridgehead atoms. The summed E-state index contributed by atoms with van der Waals surface area (Å²) in [6.45, 7) is 8.41. The molecule has 1 aliphatic rings. The summed E-state index contributed by atoms with van der Waals surface area (Å²) in [6, 6.07) is 7.34. The zero-order valence-corrected chi connectivity index (χ0v) is 13.0. The number of piperazine rings is 1. The Morgan fingerprint density at radius 2 is 1.82 bits per heavy atom. The fraction of sp³-hybridized carbons (Fsp3) is 0.438. The van der Waals surface area contributed by atoms with Gasteiger partial charge in [-0.25, -0.2) is 0 Å². The van der Waals surface area contributed by atoms with E-state index in [4.69, 9.17) is 4.42 Å². The number of nitrogens with zero attached hydrogens (tertiary/aromatic N) is 4. The quantitative estimate of drug-likeness (QED) is 0.865. The lowest BCUT2D eigenvalue weighted by Gasteiger charge is -2.34. The van der Waals surface area contributed by atoms with Crippen LogP contribution in [0.25, 0.3) is 11.5 Å². The molecule has 2 heterocycles. The van der Waals surface area contributed by atoms with Crippen molar-refractivity contribution >= 4 is 5.91 Å². The molecule has 3 rings (SSSR count). The van der Waals surface area contributed by atoms with Gasteiger partial charge in [-0.2, -0.15) is 0 Å². The smallest absolute Gasteiger partial charge is 0.253 e. The minimum absolute atomic E-state index is 0.0870. The lowest BCUT2D eigenvalue weighted by Crippen LogP contribution is -2.48. The third kappa shape index (κ3) is 3.01. The number of hydrogen-bond donors (Lipinski definition) is 0. The maximum absolute atomic E-state index is 12.5. The van der Waals surface area contributed by atoms with Crippen molar-refractivity contribution in [3.63, 3.8) is 0 Å². The highest BCUT2D eigenvalue weighted by molar-refractivity contribution is 5.94. The van der Waals surface area contributed by atoms with Gasteiger partial charge in [-0.15, -0.1) is 10.2 Å². The second-order valence-corrected chi connectivity index (χ2v) is 5.43. The van der Waals surface area contributed by atoms with Crippen molar-refractivity contribution < 1.29 is 9.21 Å². The minimum atomic E-state index is 0.0870. The molecule has 0 radical (unpaired) electrons. The van der Waals surface area contributed by atoms with Crippen molar-refractivity contribution in [3.8, 4) is 11.5 Å². The van der Waals surface area contributed by atoms with E-state index in [0.717, 1.165) is 38.3 Å². The van der Waals surface area contributed by atoms with Crippen molar-refractivity contribution in [2.45, 2.75) is 13.8 Å². The first-order chi connectivity index (χ1) is 10.7. The molecule has 2 aromatic rings.